The van der Waals surface area contributed by atoms with E-state index in [-0.39, 0.29) is 48.1 Å². The van der Waals surface area contributed by atoms with Crippen molar-refractivity contribution in [2.45, 2.75) is 103 Å². The zero-order valence-corrected chi connectivity index (χ0v) is 33.9. The summed E-state index contributed by atoms with van der Waals surface area (Å²) in [5, 5.41) is 6.26. The van der Waals surface area contributed by atoms with Crippen molar-refractivity contribution in [1.29, 1.82) is 0 Å². The molecule has 0 spiro atoms. The van der Waals surface area contributed by atoms with Gasteiger partial charge in [-0.1, -0.05) is 71.4 Å². The normalized spacial score (nSPS) is 20.6. The molecule has 2 aliphatic heterocycles. The van der Waals surface area contributed by atoms with Crippen LogP contribution in [0.2, 0.25) is 0 Å². The monoisotopic (exact) mass is 742 g/mol. The molecule has 13 nitrogen and oxygen atoms in total. The van der Waals surface area contributed by atoms with Crippen molar-refractivity contribution in [2.24, 2.45) is 22.7 Å². The van der Waals surface area contributed by atoms with E-state index in [1.54, 1.807) is 26.0 Å². The summed E-state index contributed by atoms with van der Waals surface area (Å²) in [7, 11) is 8.89. The third-order valence-electron chi connectivity index (χ3n) is 11.0. The van der Waals surface area contributed by atoms with Gasteiger partial charge in [0.1, 0.15) is 12.3 Å². The lowest BCUT2D eigenvalue weighted by Gasteiger charge is -2.40. The number of hydrogen-bond donors (Lipinski definition) is 2. The molecule has 298 valence electrons. The van der Waals surface area contributed by atoms with Gasteiger partial charge in [-0.2, -0.15) is 0 Å². The molecule has 53 heavy (non-hydrogen) atoms. The maximum Gasteiger partial charge on any atom is 0.247 e. The van der Waals surface area contributed by atoms with E-state index >= 15 is 0 Å². The highest BCUT2D eigenvalue weighted by Crippen LogP contribution is 2.30. The van der Waals surface area contributed by atoms with Crippen LogP contribution in [-0.4, -0.2) is 154 Å². The molecule has 2 heterocycles. The zero-order valence-electron chi connectivity index (χ0n) is 33.9. The van der Waals surface area contributed by atoms with Crippen LogP contribution in [0.25, 0.3) is 0 Å². The van der Waals surface area contributed by atoms with E-state index in [9.17, 15) is 19.2 Å². The minimum Gasteiger partial charge on any atom is -0.379 e. The standard InChI is InChI=1S/C40H67N7O6/c1-11-28(4)36(45(8)39(51)35(27(2)3)43-40(44(6)7)46-22-19-41-20-23-46)33(52-9)25-34(49)47-21-15-18-32(47)37(53-10)29(5)38(50)42-31(26-48)24-30-16-13-12-14-17-30/h12-14,16-17,26-29,31-33,35-37,41H,11,15,18-25H2,1-10H3,(H,42,50)/b43-40+/t28-,29+,31-,32-,33+,35-,36-,37+/m0/s1. The number of nitrogens with zero attached hydrogens (tertiary/aromatic N) is 5. The molecule has 0 aliphatic carbocycles. The van der Waals surface area contributed by atoms with Crippen LogP contribution >= 0.6 is 0 Å². The predicted molar refractivity (Wildman–Crippen MR) is 208 cm³/mol. The molecule has 0 aromatic heterocycles. The Bertz CT molecular complexity index is 1340. The highest BCUT2D eigenvalue weighted by Gasteiger charge is 2.43. The van der Waals surface area contributed by atoms with Crippen molar-refractivity contribution in [3.8, 4) is 0 Å². The smallest absolute Gasteiger partial charge is 0.247 e. The number of nitrogens with one attached hydrogen (secondary N) is 2. The van der Waals surface area contributed by atoms with Gasteiger partial charge in [0.25, 0.3) is 0 Å². The van der Waals surface area contributed by atoms with Crippen LogP contribution in [-0.2, 0) is 35.1 Å². The lowest BCUT2D eigenvalue weighted by Crippen LogP contribution is -2.55. The van der Waals surface area contributed by atoms with Gasteiger partial charge >= 0.3 is 0 Å². The molecule has 0 radical (unpaired) electrons. The fourth-order valence-electron chi connectivity index (χ4n) is 7.79. The highest BCUT2D eigenvalue weighted by atomic mass is 16.5. The number of rotatable bonds is 18. The summed E-state index contributed by atoms with van der Waals surface area (Å²) in [5.41, 5.74) is 0.949. The molecule has 2 N–H and O–H groups in total. The predicted octanol–water partition coefficient (Wildman–Crippen LogP) is 2.68. The Kier molecular flexibility index (Phi) is 17.7. The first-order valence-electron chi connectivity index (χ1n) is 19.4. The summed E-state index contributed by atoms with van der Waals surface area (Å²) in [4.78, 5) is 66.9. The molecule has 8 atom stereocenters. The van der Waals surface area contributed by atoms with E-state index in [2.05, 4.69) is 29.4 Å². The molecule has 0 bridgehead atoms. The molecular formula is C40H67N7O6. The number of aliphatic imine (C=N–C) groups is 1. The minimum atomic E-state index is -0.677. The van der Waals surface area contributed by atoms with Crippen LogP contribution in [0.5, 0.6) is 0 Å². The van der Waals surface area contributed by atoms with Crippen molar-refractivity contribution in [1.82, 2.24) is 30.2 Å². The largest absolute Gasteiger partial charge is 0.379 e. The van der Waals surface area contributed by atoms with Gasteiger partial charge in [0.2, 0.25) is 17.7 Å². The van der Waals surface area contributed by atoms with E-state index in [1.165, 1.54) is 0 Å². The number of ether oxygens (including phenoxy) is 2. The van der Waals surface area contributed by atoms with Crippen LogP contribution in [0.3, 0.4) is 0 Å². The zero-order chi connectivity index (χ0) is 39.2. The van der Waals surface area contributed by atoms with Crippen LogP contribution < -0.4 is 10.6 Å². The van der Waals surface area contributed by atoms with Gasteiger partial charge in [-0.05, 0) is 36.7 Å². The van der Waals surface area contributed by atoms with Crippen molar-refractivity contribution >= 4 is 30.0 Å². The Labute approximate surface area is 318 Å². The van der Waals surface area contributed by atoms with Crippen molar-refractivity contribution in [3.05, 3.63) is 35.9 Å². The second-order valence-electron chi connectivity index (χ2n) is 15.3. The number of likely N-dealkylation sites (tertiary alicyclic amines) is 1. The summed E-state index contributed by atoms with van der Waals surface area (Å²) >= 11 is 0. The first-order chi connectivity index (χ1) is 25.3. The van der Waals surface area contributed by atoms with E-state index in [4.69, 9.17) is 14.5 Å². The topological polar surface area (TPSA) is 136 Å². The van der Waals surface area contributed by atoms with Gasteiger partial charge in [0.05, 0.1) is 42.7 Å². The number of guanidine groups is 1. The van der Waals surface area contributed by atoms with Gasteiger partial charge in [0, 0.05) is 68.1 Å². The number of carbonyl (C=O) groups excluding carboxylic acids is 4. The fraction of sp³-hybridized carbons (Fsp3) is 0.725. The number of aldehydes is 1. The summed E-state index contributed by atoms with van der Waals surface area (Å²) < 4.78 is 12.0. The Morgan fingerprint density at radius 1 is 1.02 bits per heavy atom. The van der Waals surface area contributed by atoms with Crippen LogP contribution in [0.15, 0.2) is 35.3 Å². The Balaban J connectivity index is 1.79. The maximum atomic E-state index is 14.4. The van der Waals surface area contributed by atoms with Gasteiger partial charge < -0.3 is 44.5 Å². The number of likely N-dealkylation sites (N-methyl/N-ethyl adjacent to an activating group) is 1. The van der Waals surface area contributed by atoms with Crippen LogP contribution in [0, 0.1) is 17.8 Å². The lowest BCUT2D eigenvalue weighted by atomic mass is 9.89. The molecule has 1 aromatic carbocycles. The molecule has 0 saturated carbocycles. The maximum absolute atomic E-state index is 14.4. The summed E-state index contributed by atoms with van der Waals surface area (Å²) in [6.07, 6.45) is 2.31. The molecular weight excluding hydrogens is 674 g/mol. The molecule has 3 rings (SSSR count). The first-order valence-corrected chi connectivity index (χ1v) is 19.4. The second-order valence-corrected chi connectivity index (χ2v) is 15.3. The van der Waals surface area contributed by atoms with Crippen molar-refractivity contribution in [3.63, 3.8) is 0 Å². The minimum absolute atomic E-state index is 0.0337. The molecule has 1 aromatic rings. The Morgan fingerprint density at radius 2 is 1.68 bits per heavy atom. The van der Waals surface area contributed by atoms with Gasteiger partial charge in [-0.25, -0.2) is 4.99 Å². The van der Waals surface area contributed by atoms with Crippen molar-refractivity contribution in [2.75, 3.05) is 68.1 Å². The number of benzene rings is 1. The second kappa shape index (κ2) is 21.4. The molecule has 2 fully saturated rings. The average Bonchev–Trinajstić information content (AvgIpc) is 3.64. The molecule has 2 saturated heterocycles. The van der Waals surface area contributed by atoms with Crippen LogP contribution in [0.4, 0.5) is 0 Å². The number of amides is 3. The summed E-state index contributed by atoms with van der Waals surface area (Å²) in [6.45, 7) is 13.9. The van der Waals surface area contributed by atoms with E-state index < -0.39 is 30.2 Å². The number of methoxy groups -OCH3 is 2. The number of hydrogen-bond acceptors (Lipinski definition) is 8. The van der Waals surface area contributed by atoms with Gasteiger partial charge in [-0.15, -0.1) is 0 Å². The molecule has 13 heteroatoms. The van der Waals surface area contributed by atoms with Crippen LogP contribution in [0.1, 0.15) is 65.9 Å². The Hall–Kier alpha value is -3.55. The van der Waals surface area contributed by atoms with Gasteiger partial charge in [0.15, 0.2) is 5.96 Å². The van der Waals surface area contributed by atoms with Gasteiger partial charge in [-0.3, -0.25) is 14.4 Å². The SMILES string of the molecule is CC[C@H](C)[C@@H]([C@@H](CC(=O)N1CCC[C@H]1[C@H](OC)[C@@H](C)C(=O)N[C@H](C=O)Cc1ccccc1)OC)N(C)C(=O)[C@@H](/N=C(\N(C)C)N1CCNCC1)C(C)C. The van der Waals surface area contributed by atoms with E-state index in [0.717, 1.165) is 56.8 Å². The summed E-state index contributed by atoms with van der Waals surface area (Å²) in [6, 6.07) is 7.55. The fourth-order valence-corrected chi connectivity index (χ4v) is 7.79. The molecule has 3 amide bonds. The summed E-state index contributed by atoms with van der Waals surface area (Å²) in [5.74, 6) is -0.358. The Morgan fingerprint density at radius 3 is 2.23 bits per heavy atom. The quantitative estimate of drug-likeness (QED) is 0.132. The lowest BCUT2D eigenvalue weighted by molar-refractivity contribution is -0.146. The van der Waals surface area contributed by atoms with Crippen molar-refractivity contribution < 1.29 is 28.7 Å². The number of carbonyl (C=O) groups is 4. The first kappa shape index (κ1) is 43.9. The van der Waals surface area contributed by atoms with E-state index in [0.29, 0.717) is 19.4 Å². The number of piperazine rings is 1. The molecule has 2 aliphatic rings. The third-order valence-corrected chi connectivity index (χ3v) is 11.0. The van der Waals surface area contributed by atoms with E-state index in [1.807, 2.05) is 75.1 Å². The molecule has 0 unspecified atom stereocenters. The average molecular weight is 742 g/mol. The highest BCUT2D eigenvalue weighted by molar-refractivity contribution is 5.88. The third kappa shape index (κ3) is 11.7.